The van der Waals surface area contributed by atoms with E-state index in [1.165, 1.54) is 6.42 Å². The molecule has 3 fully saturated rings. The summed E-state index contributed by atoms with van der Waals surface area (Å²) in [4.78, 5) is 45.1. The van der Waals surface area contributed by atoms with Crippen LogP contribution >= 0.6 is 0 Å². The molecular weight excluding hydrogens is 436 g/mol. The number of nitrogens with zero attached hydrogens (tertiary/aromatic N) is 2. The molecule has 1 spiro atoms. The minimum Gasteiger partial charge on any atom is -0.461 e. The van der Waals surface area contributed by atoms with Crippen LogP contribution in [-0.4, -0.2) is 81.8 Å². The lowest BCUT2D eigenvalue weighted by atomic mass is 9.74. The van der Waals surface area contributed by atoms with Crippen LogP contribution in [0.2, 0.25) is 0 Å². The summed E-state index contributed by atoms with van der Waals surface area (Å²) >= 11 is 0. The number of likely N-dealkylation sites (tertiary alicyclic amines) is 1. The maximum absolute atomic E-state index is 14.3. The predicted molar refractivity (Wildman–Crippen MR) is 123 cm³/mol. The number of aliphatic hydroxyl groups excluding tert-OH is 1. The molecule has 0 aromatic heterocycles. The maximum Gasteiger partial charge on any atom is 0.313 e. The molecule has 0 radical (unpaired) electrons. The third-order valence-electron chi connectivity index (χ3n) is 8.61. The highest BCUT2D eigenvalue weighted by atomic mass is 16.6. The molecule has 0 aromatic carbocycles. The first kappa shape index (κ1) is 23.5. The third kappa shape index (κ3) is 3.28. The quantitative estimate of drug-likeness (QED) is 0.495. The second kappa shape index (κ2) is 8.48. The van der Waals surface area contributed by atoms with E-state index in [2.05, 4.69) is 0 Å². The third-order valence-corrected chi connectivity index (χ3v) is 8.61. The summed E-state index contributed by atoms with van der Waals surface area (Å²) in [6.07, 6.45) is 12.6. The Balaban J connectivity index is 1.65. The number of fused-ring (bicyclic) bond motifs is 2. The number of carbonyl (C=O) groups excluding carboxylic acids is 3. The lowest BCUT2D eigenvalue weighted by Crippen LogP contribution is -2.60. The molecular formula is C26H36N2O6. The Bertz CT molecular complexity index is 924. The van der Waals surface area contributed by atoms with Gasteiger partial charge in [0.15, 0.2) is 0 Å². The van der Waals surface area contributed by atoms with Crippen LogP contribution in [0.1, 0.15) is 52.9 Å². The zero-order valence-corrected chi connectivity index (χ0v) is 20.3. The van der Waals surface area contributed by atoms with Gasteiger partial charge in [0.2, 0.25) is 11.8 Å². The van der Waals surface area contributed by atoms with E-state index in [0.29, 0.717) is 6.54 Å². The predicted octanol–water partition coefficient (Wildman–Crippen LogP) is 1.82. The van der Waals surface area contributed by atoms with E-state index < -0.39 is 41.1 Å². The summed E-state index contributed by atoms with van der Waals surface area (Å²) in [5, 5.41) is 10.3. The fraction of sp³-hybridized carbons (Fsp3) is 0.731. The molecule has 8 nitrogen and oxygen atoms in total. The van der Waals surface area contributed by atoms with E-state index >= 15 is 0 Å². The standard InChI is InChI=1S/C26H36N2O6/c1-16(2)18(15-29)28-21-23(31)27(17-9-5-4-6-10-17)13-7-12-26(21)19(22(28)30)20-24(32)33-14-8-11-25(20,3)34-26/h7-8,11-12,16-21,29H,4-6,9-10,13-15H2,1-3H3/t18-,19-,20-,21?,25+,26-/m0/s1. The summed E-state index contributed by atoms with van der Waals surface area (Å²) in [7, 11) is 0. The van der Waals surface area contributed by atoms with Crippen LogP contribution in [0, 0.1) is 17.8 Å². The highest BCUT2D eigenvalue weighted by Gasteiger charge is 2.75. The molecule has 1 unspecified atom stereocenters. The highest BCUT2D eigenvalue weighted by Crippen LogP contribution is 2.58. The van der Waals surface area contributed by atoms with E-state index in [-0.39, 0.29) is 37.0 Å². The fourth-order valence-electron chi connectivity index (χ4n) is 7.01. The molecule has 4 aliphatic heterocycles. The number of cyclic esters (lactones) is 1. The SMILES string of the molecule is CC(C)[C@H](CO)N1C(=O)[C@@H]2[C@H]3C(=O)OCC=C[C@@]3(C)O[C@@]23C=CCN(C2CCCCC2)C(=O)C13. The van der Waals surface area contributed by atoms with Gasteiger partial charge in [-0.05, 0) is 31.8 Å². The molecule has 5 rings (SSSR count). The molecule has 0 bridgehead atoms. The zero-order valence-electron chi connectivity index (χ0n) is 20.3. The summed E-state index contributed by atoms with van der Waals surface area (Å²) < 4.78 is 12.1. The smallest absolute Gasteiger partial charge is 0.313 e. The number of hydrogen-bond acceptors (Lipinski definition) is 6. The van der Waals surface area contributed by atoms with Crippen LogP contribution in [0.4, 0.5) is 0 Å². The largest absolute Gasteiger partial charge is 0.461 e. The van der Waals surface area contributed by atoms with Crippen molar-refractivity contribution in [2.75, 3.05) is 19.8 Å². The molecule has 6 atom stereocenters. The van der Waals surface area contributed by atoms with Crippen LogP contribution in [0.25, 0.3) is 0 Å². The van der Waals surface area contributed by atoms with E-state index in [4.69, 9.17) is 9.47 Å². The van der Waals surface area contributed by atoms with Crippen LogP contribution in [0.15, 0.2) is 24.3 Å². The average molecular weight is 473 g/mol. The Hall–Kier alpha value is -2.19. The number of esters is 1. The van der Waals surface area contributed by atoms with E-state index in [1.54, 1.807) is 24.0 Å². The molecule has 186 valence electrons. The van der Waals surface area contributed by atoms with Crippen LogP contribution in [0.5, 0.6) is 0 Å². The van der Waals surface area contributed by atoms with Crippen molar-refractivity contribution < 1.29 is 29.0 Å². The number of rotatable bonds is 4. The monoisotopic (exact) mass is 472 g/mol. The number of ether oxygens (including phenoxy) is 2. The summed E-state index contributed by atoms with van der Waals surface area (Å²) in [5.41, 5.74) is -2.35. The van der Waals surface area contributed by atoms with Crippen LogP contribution in [0.3, 0.4) is 0 Å². The highest BCUT2D eigenvalue weighted by molar-refractivity contribution is 5.99. The van der Waals surface area contributed by atoms with Gasteiger partial charge in [-0.15, -0.1) is 0 Å². The number of hydrogen-bond donors (Lipinski definition) is 1. The molecule has 4 heterocycles. The number of amides is 2. The Morgan fingerprint density at radius 3 is 2.47 bits per heavy atom. The summed E-state index contributed by atoms with van der Waals surface area (Å²) in [5.74, 6) is -2.79. The summed E-state index contributed by atoms with van der Waals surface area (Å²) in [6, 6.07) is -1.37. The van der Waals surface area contributed by atoms with Crippen molar-refractivity contribution in [3.05, 3.63) is 24.3 Å². The van der Waals surface area contributed by atoms with Gasteiger partial charge < -0.3 is 24.4 Å². The van der Waals surface area contributed by atoms with Crippen molar-refractivity contribution in [2.45, 2.75) is 82.2 Å². The van der Waals surface area contributed by atoms with Gasteiger partial charge in [-0.3, -0.25) is 14.4 Å². The minimum absolute atomic E-state index is 0.0830. The number of carbonyl (C=O) groups is 3. The zero-order chi connectivity index (χ0) is 24.3. The average Bonchev–Trinajstić information content (AvgIpc) is 3.06. The van der Waals surface area contributed by atoms with Gasteiger partial charge in [0.1, 0.15) is 24.2 Å². The number of aliphatic hydroxyl groups is 1. The lowest BCUT2D eigenvalue weighted by molar-refractivity contribution is -0.161. The molecule has 8 heteroatoms. The van der Waals surface area contributed by atoms with Gasteiger partial charge in [0.25, 0.3) is 0 Å². The van der Waals surface area contributed by atoms with Crippen molar-refractivity contribution in [1.29, 1.82) is 0 Å². The van der Waals surface area contributed by atoms with Gasteiger partial charge in [0, 0.05) is 12.6 Å². The van der Waals surface area contributed by atoms with Gasteiger partial charge >= 0.3 is 5.97 Å². The Kier molecular flexibility index (Phi) is 5.88. The van der Waals surface area contributed by atoms with Gasteiger partial charge in [-0.1, -0.05) is 51.3 Å². The van der Waals surface area contributed by atoms with Crippen molar-refractivity contribution in [1.82, 2.24) is 9.80 Å². The summed E-state index contributed by atoms with van der Waals surface area (Å²) in [6.45, 7) is 5.97. The second-order valence-corrected chi connectivity index (χ2v) is 11.0. The Morgan fingerprint density at radius 2 is 1.79 bits per heavy atom. The van der Waals surface area contributed by atoms with E-state index in [0.717, 1.165) is 25.7 Å². The van der Waals surface area contributed by atoms with E-state index in [9.17, 15) is 19.5 Å². The second-order valence-electron chi connectivity index (χ2n) is 11.0. The molecule has 2 amide bonds. The van der Waals surface area contributed by atoms with Crippen molar-refractivity contribution in [3.63, 3.8) is 0 Å². The van der Waals surface area contributed by atoms with Crippen molar-refractivity contribution in [2.24, 2.45) is 17.8 Å². The Morgan fingerprint density at radius 1 is 1.06 bits per heavy atom. The molecule has 2 saturated heterocycles. The maximum atomic E-state index is 14.3. The fourth-order valence-corrected chi connectivity index (χ4v) is 7.01. The van der Waals surface area contributed by atoms with Gasteiger partial charge in [0.05, 0.1) is 24.2 Å². The molecule has 1 saturated carbocycles. The molecule has 34 heavy (non-hydrogen) atoms. The lowest BCUT2D eigenvalue weighted by Gasteiger charge is -2.42. The molecule has 1 aliphatic carbocycles. The normalized spacial score (nSPS) is 39.0. The molecule has 0 aromatic rings. The van der Waals surface area contributed by atoms with Crippen molar-refractivity contribution in [3.8, 4) is 0 Å². The van der Waals surface area contributed by atoms with Crippen molar-refractivity contribution >= 4 is 17.8 Å². The van der Waals surface area contributed by atoms with Crippen LogP contribution in [-0.2, 0) is 23.9 Å². The van der Waals surface area contributed by atoms with E-state index in [1.807, 2.05) is 30.9 Å². The molecule has 5 aliphatic rings. The molecule has 1 N–H and O–H groups in total. The topological polar surface area (TPSA) is 96.4 Å². The first-order valence-electron chi connectivity index (χ1n) is 12.7. The van der Waals surface area contributed by atoms with Crippen LogP contribution < -0.4 is 0 Å². The first-order chi connectivity index (χ1) is 16.2. The van der Waals surface area contributed by atoms with Gasteiger partial charge in [-0.2, -0.15) is 0 Å². The Labute approximate surface area is 200 Å². The first-order valence-corrected chi connectivity index (χ1v) is 12.7. The van der Waals surface area contributed by atoms with Gasteiger partial charge in [-0.25, -0.2) is 0 Å². The minimum atomic E-state index is -1.29.